The van der Waals surface area contributed by atoms with Crippen LogP contribution in [0.5, 0.6) is 0 Å². The second-order valence-electron chi connectivity index (χ2n) is 6.31. The van der Waals surface area contributed by atoms with Crippen LogP contribution in [0.15, 0.2) is 42.7 Å². The van der Waals surface area contributed by atoms with Crippen molar-refractivity contribution in [3.05, 3.63) is 48.3 Å². The largest absolute Gasteiger partial charge is 0.478 e. The molecule has 0 spiro atoms. The molecule has 126 valence electrons. The smallest absolute Gasteiger partial charge is 0.328 e. The second kappa shape index (κ2) is 7.70. The number of anilines is 1. The predicted octanol–water partition coefficient (Wildman–Crippen LogP) is 2.64. The third kappa shape index (κ3) is 5.17. The van der Waals surface area contributed by atoms with Crippen molar-refractivity contribution in [3.8, 4) is 11.3 Å². The average molecular weight is 326 g/mol. The van der Waals surface area contributed by atoms with E-state index in [0.29, 0.717) is 18.9 Å². The Morgan fingerprint density at radius 2 is 2.17 bits per heavy atom. The van der Waals surface area contributed by atoms with Crippen LogP contribution in [0, 0.1) is 5.41 Å². The highest BCUT2D eigenvalue weighted by atomic mass is 16.4. The molecule has 0 radical (unpaired) electrons. The molecule has 2 aromatic rings. The van der Waals surface area contributed by atoms with Gasteiger partial charge in [0.2, 0.25) is 0 Å². The SMILES string of the molecule is CC(C)(CN)CNc1cncc(-c2cccc(C=CC(=O)O)c2)n1. The number of carboxylic acid groups (broad SMARTS) is 1. The lowest BCUT2D eigenvalue weighted by Gasteiger charge is -2.22. The van der Waals surface area contributed by atoms with Crippen molar-refractivity contribution < 1.29 is 9.90 Å². The minimum absolute atomic E-state index is 0.0285. The molecule has 0 unspecified atom stereocenters. The van der Waals surface area contributed by atoms with Crippen LogP contribution in [0.2, 0.25) is 0 Å². The van der Waals surface area contributed by atoms with Gasteiger partial charge in [0.15, 0.2) is 0 Å². The Balaban J connectivity index is 2.19. The zero-order chi connectivity index (χ0) is 17.6. The minimum atomic E-state index is -0.978. The van der Waals surface area contributed by atoms with Gasteiger partial charge in [-0.3, -0.25) is 4.98 Å². The zero-order valence-corrected chi connectivity index (χ0v) is 13.9. The first-order valence-corrected chi connectivity index (χ1v) is 7.67. The fourth-order valence-corrected chi connectivity index (χ4v) is 1.96. The summed E-state index contributed by atoms with van der Waals surface area (Å²) < 4.78 is 0. The fourth-order valence-electron chi connectivity index (χ4n) is 1.96. The van der Waals surface area contributed by atoms with Gasteiger partial charge < -0.3 is 16.2 Å². The van der Waals surface area contributed by atoms with Gasteiger partial charge in [0, 0.05) is 18.2 Å². The average Bonchev–Trinajstić information content (AvgIpc) is 2.59. The van der Waals surface area contributed by atoms with Crippen molar-refractivity contribution in [2.75, 3.05) is 18.4 Å². The lowest BCUT2D eigenvalue weighted by Crippen LogP contribution is -2.31. The van der Waals surface area contributed by atoms with Gasteiger partial charge >= 0.3 is 5.97 Å². The molecule has 0 aliphatic carbocycles. The Labute approximate surface area is 141 Å². The fraction of sp³-hybridized carbons (Fsp3) is 0.278. The number of nitrogens with one attached hydrogen (secondary N) is 1. The van der Waals surface area contributed by atoms with Crippen molar-refractivity contribution >= 4 is 17.9 Å². The monoisotopic (exact) mass is 326 g/mol. The summed E-state index contributed by atoms with van der Waals surface area (Å²) in [5.41, 5.74) is 8.09. The molecule has 0 atom stereocenters. The molecule has 1 aromatic carbocycles. The van der Waals surface area contributed by atoms with E-state index in [9.17, 15) is 4.79 Å². The van der Waals surface area contributed by atoms with E-state index in [0.717, 1.165) is 22.9 Å². The number of benzene rings is 1. The van der Waals surface area contributed by atoms with Crippen LogP contribution in [-0.4, -0.2) is 34.1 Å². The van der Waals surface area contributed by atoms with E-state index in [-0.39, 0.29) is 5.41 Å². The van der Waals surface area contributed by atoms with Crippen molar-refractivity contribution in [1.82, 2.24) is 9.97 Å². The van der Waals surface area contributed by atoms with Crippen molar-refractivity contribution in [1.29, 1.82) is 0 Å². The van der Waals surface area contributed by atoms with Crippen molar-refractivity contribution in [2.45, 2.75) is 13.8 Å². The number of nitrogens with two attached hydrogens (primary N) is 1. The Morgan fingerprint density at radius 3 is 2.88 bits per heavy atom. The quantitative estimate of drug-likeness (QED) is 0.676. The number of rotatable bonds is 7. The first-order valence-electron chi connectivity index (χ1n) is 7.67. The van der Waals surface area contributed by atoms with Gasteiger partial charge in [-0.15, -0.1) is 0 Å². The van der Waals surface area contributed by atoms with Crippen LogP contribution in [0.4, 0.5) is 5.82 Å². The molecule has 2 rings (SSSR count). The Morgan fingerprint density at radius 1 is 1.38 bits per heavy atom. The van der Waals surface area contributed by atoms with E-state index < -0.39 is 5.97 Å². The van der Waals surface area contributed by atoms with E-state index in [1.54, 1.807) is 18.5 Å². The number of aromatic nitrogens is 2. The molecule has 24 heavy (non-hydrogen) atoms. The van der Waals surface area contributed by atoms with Gasteiger partial charge in [-0.05, 0) is 29.7 Å². The van der Waals surface area contributed by atoms with Crippen LogP contribution in [0.1, 0.15) is 19.4 Å². The molecule has 0 bridgehead atoms. The number of hydrogen-bond acceptors (Lipinski definition) is 5. The number of hydrogen-bond donors (Lipinski definition) is 3. The molecule has 1 heterocycles. The van der Waals surface area contributed by atoms with Crippen molar-refractivity contribution in [2.24, 2.45) is 11.1 Å². The highest BCUT2D eigenvalue weighted by molar-refractivity contribution is 5.85. The number of carboxylic acids is 1. The Bertz CT molecular complexity index is 741. The van der Waals surface area contributed by atoms with Gasteiger partial charge in [-0.2, -0.15) is 0 Å². The third-order valence-electron chi connectivity index (χ3n) is 3.54. The molecule has 0 fully saturated rings. The molecule has 0 saturated carbocycles. The molecule has 0 aliphatic heterocycles. The first-order chi connectivity index (χ1) is 11.4. The molecule has 6 nitrogen and oxygen atoms in total. The molecule has 4 N–H and O–H groups in total. The Hall–Kier alpha value is -2.73. The van der Waals surface area contributed by atoms with Crippen LogP contribution in [0.3, 0.4) is 0 Å². The maximum absolute atomic E-state index is 10.6. The highest BCUT2D eigenvalue weighted by Crippen LogP contribution is 2.20. The minimum Gasteiger partial charge on any atom is -0.478 e. The summed E-state index contributed by atoms with van der Waals surface area (Å²) in [6.07, 6.45) is 6.01. The number of nitrogens with zero attached hydrogens (tertiary/aromatic N) is 2. The van der Waals surface area contributed by atoms with Crippen LogP contribution >= 0.6 is 0 Å². The van der Waals surface area contributed by atoms with Crippen LogP contribution in [-0.2, 0) is 4.79 Å². The van der Waals surface area contributed by atoms with Gasteiger partial charge in [-0.1, -0.05) is 32.0 Å². The second-order valence-corrected chi connectivity index (χ2v) is 6.31. The molecular formula is C18H22N4O2. The summed E-state index contributed by atoms with van der Waals surface area (Å²) in [5, 5.41) is 12.0. The van der Waals surface area contributed by atoms with E-state index >= 15 is 0 Å². The molecule has 0 saturated heterocycles. The van der Waals surface area contributed by atoms with Crippen molar-refractivity contribution in [3.63, 3.8) is 0 Å². The molecule has 0 aliphatic rings. The Kier molecular flexibility index (Phi) is 5.65. The normalized spacial score (nSPS) is 11.6. The summed E-state index contributed by atoms with van der Waals surface area (Å²) >= 11 is 0. The standard InChI is InChI=1S/C18H22N4O2/c1-18(2,11-19)12-21-16-10-20-9-15(22-16)14-5-3-4-13(8-14)6-7-17(23)24/h3-10H,11-12,19H2,1-2H3,(H,21,22)(H,23,24). The molecule has 0 amide bonds. The maximum atomic E-state index is 10.6. The van der Waals surface area contributed by atoms with E-state index in [4.69, 9.17) is 10.8 Å². The van der Waals surface area contributed by atoms with Gasteiger partial charge in [0.05, 0.1) is 18.1 Å². The number of aliphatic carboxylic acids is 1. The third-order valence-corrected chi connectivity index (χ3v) is 3.54. The summed E-state index contributed by atoms with van der Waals surface area (Å²) in [4.78, 5) is 19.4. The summed E-state index contributed by atoms with van der Waals surface area (Å²) in [7, 11) is 0. The molecule has 6 heteroatoms. The lowest BCUT2D eigenvalue weighted by molar-refractivity contribution is -0.131. The predicted molar refractivity (Wildman–Crippen MR) is 95.5 cm³/mol. The first kappa shape index (κ1) is 17.6. The van der Waals surface area contributed by atoms with E-state index in [2.05, 4.69) is 29.1 Å². The lowest BCUT2D eigenvalue weighted by atomic mass is 9.94. The number of carbonyl (C=O) groups is 1. The summed E-state index contributed by atoms with van der Waals surface area (Å²) in [6, 6.07) is 7.48. The summed E-state index contributed by atoms with van der Waals surface area (Å²) in [5.74, 6) is -0.297. The van der Waals surface area contributed by atoms with Gasteiger partial charge in [0.25, 0.3) is 0 Å². The molecular weight excluding hydrogens is 304 g/mol. The van der Waals surface area contributed by atoms with Gasteiger partial charge in [-0.25, -0.2) is 9.78 Å². The summed E-state index contributed by atoms with van der Waals surface area (Å²) in [6.45, 7) is 5.43. The molecule has 1 aromatic heterocycles. The van der Waals surface area contributed by atoms with E-state index in [1.165, 1.54) is 0 Å². The highest BCUT2D eigenvalue weighted by Gasteiger charge is 2.15. The zero-order valence-electron chi connectivity index (χ0n) is 13.9. The van der Waals surface area contributed by atoms with Crippen LogP contribution in [0.25, 0.3) is 17.3 Å². The van der Waals surface area contributed by atoms with Gasteiger partial charge in [0.1, 0.15) is 5.82 Å². The van der Waals surface area contributed by atoms with E-state index in [1.807, 2.05) is 24.3 Å². The topological polar surface area (TPSA) is 101 Å². The maximum Gasteiger partial charge on any atom is 0.328 e. The van der Waals surface area contributed by atoms with Crippen LogP contribution < -0.4 is 11.1 Å².